The molecule has 2 amide bonds. The maximum Gasteiger partial charge on any atom is 0.321 e. The Labute approximate surface area is 224 Å². The summed E-state index contributed by atoms with van der Waals surface area (Å²) in [6.45, 7) is 7.36. The smallest absolute Gasteiger partial charge is 0.321 e. The number of nitrogens with zero attached hydrogens (tertiary/aromatic N) is 5. The maximum atomic E-state index is 12.1. The molecule has 4 heterocycles. The van der Waals surface area contributed by atoms with E-state index in [0.29, 0.717) is 43.6 Å². The zero-order chi connectivity index (χ0) is 26.9. The second kappa shape index (κ2) is 10.3. The number of aromatic nitrogens is 4. The number of carboxylic acids is 1. The van der Waals surface area contributed by atoms with Crippen LogP contribution in [-0.4, -0.2) is 56.7 Å². The largest absolute Gasteiger partial charge is 0.481 e. The van der Waals surface area contributed by atoms with Gasteiger partial charge >= 0.3 is 12.0 Å². The lowest BCUT2D eigenvalue weighted by Gasteiger charge is -2.36. The van der Waals surface area contributed by atoms with E-state index < -0.39 is 11.4 Å². The molecule has 0 unspecified atom stereocenters. The van der Waals surface area contributed by atoms with Gasteiger partial charge < -0.3 is 15.3 Å². The lowest BCUT2D eigenvalue weighted by molar-refractivity contribution is -0.149. The van der Waals surface area contributed by atoms with E-state index in [0.717, 1.165) is 38.2 Å². The van der Waals surface area contributed by atoms with Crippen molar-refractivity contribution in [2.45, 2.75) is 33.6 Å². The van der Waals surface area contributed by atoms with Gasteiger partial charge in [0.05, 0.1) is 21.3 Å². The standard InChI is InChI=1S/C27H29N7O3S/c1-4-28-25(37)33-26-32-21-12-17(11-19(22(21)38-26)20-6-5-16(2)13-29-20)18-14-30-24(31-15-18)34-9-7-27(3,8-10-34)23(35)36/h5-6,11-15H,4,7-10H2,1-3H3,(H,35,36)(H2,28,32,33,37). The number of piperidine rings is 1. The molecule has 1 aliphatic rings. The minimum absolute atomic E-state index is 0.299. The molecule has 38 heavy (non-hydrogen) atoms. The number of carbonyl (C=O) groups excluding carboxylic acids is 1. The molecule has 11 heteroatoms. The minimum atomic E-state index is -0.755. The highest BCUT2D eigenvalue weighted by Crippen LogP contribution is 2.38. The number of aliphatic carboxylic acids is 1. The first-order valence-corrected chi connectivity index (χ1v) is 13.3. The van der Waals surface area contributed by atoms with Crippen LogP contribution in [0, 0.1) is 12.3 Å². The Morgan fingerprint density at radius 3 is 2.45 bits per heavy atom. The van der Waals surface area contributed by atoms with Gasteiger partial charge in [0.25, 0.3) is 0 Å². The molecule has 4 aromatic rings. The van der Waals surface area contributed by atoms with Crippen LogP contribution in [-0.2, 0) is 4.79 Å². The van der Waals surface area contributed by atoms with Crippen LogP contribution in [0.4, 0.5) is 15.9 Å². The molecule has 3 N–H and O–H groups in total. The van der Waals surface area contributed by atoms with Crippen molar-refractivity contribution in [3.05, 3.63) is 48.4 Å². The Hall–Kier alpha value is -4.12. The van der Waals surface area contributed by atoms with E-state index >= 15 is 0 Å². The summed E-state index contributed by atoms with van der Waals surface area (Å²) in [5.41, 5.74) is 4.52. The third-order valence-electron chi connectivity index (χ3n) is 6.87. The van der Waals surface area contributed by atoms with Crippen LogP contribution >= 0.6 is 11.3 Å². The quantitative estimate of drug-likeness (QED) is 0.318. The van der Waals surface area contributed by atoms with Crippen molar-refractivity contribution in [3.63, 3.8) is 0 Å². The Kier molecular flexibility index (Phi) is 6.94. The van der Waals surface area contributed by atoms with Gasteiger partial charge in [-0.2, -0.15) is 0 Å². The highest BCUT2D eigenvalue weighted by atomic mass is 32.1. The van der Waals surface area contributed by atoms with Crippen LogP contribution in [0.5, 0.6) is 0 Å². The van der Waals surface area contributed by atoms with Gasteiger partial charge in [-0.1, -0.05) is 17.4 Å². The van der Waals surface area contributed by atoms with Crippen molar-refractivity contribution in [1.82, 2.24) is 25.3 Å². The summed E-state index contributed by atoms with van der Waals surface area (Å²) in [6, 6.07) is 7.70. The van der Waals surface area contributed by atoms with E-state index in [-0.39, 0.29) is 6.03 Å². The normalized spacial score (nSPS) is 14.9. The number of thiazole rings is 1. The summed E-state index contributed by atoms with van der Waals surface area (Å²) < 4.78 is 0.921. The van der Waals surface area contributed by atoms with Gasteiger partial charge in [-0.3, -0.25) is 15.1 Å². The fourth-order valence-electron chi connectivity index (χ4n) is 4.42. The first-order valence-electron chi connectivity index (χ1n) is 12.5. The number of fused-ring (bicyclic) bond motifs is 1. The fourth-order valence-corrected chi connectivity index (χ4v) is 5.38. The van der Waals surface area contributed by atoms with Crippen LogP contribution in [0.3, 0.4) is 0 Å². The Morgan fingerprint density at radius 1 is 1.08 bits per heavy atom. The molecule has 0 spiro atoms. The van der Waals surface area contributed by atoms with E-state index in [1.165, 1.54) is 11.3 Å². The van der Waals surface area contributed by atoms with Gasteiger partial charge in [0.15, 0.2) is 5.13 Å². The number of urea groups is 1. The summed E-state index contributed by atoms with van der Waals surface area (Å²) in [7, 11) is 0. The number of nitrogens with one attached hydrogen (secondary N) is 2. The van der Waals surface area contributed by atoms with Crippen molar-refractivity contribution < 1.29 is 14.7 Å². The number of hydrogen-bond donors (Lipinski definition) is 3. The van der Waals surface area contributed by atoms with E-state index in [2.05, 4.69) is 30.6 Å². The van der Waals surface area contributed by atoms with Gasteiger partial charge in [0.1, 0.15) is 0 Å². The zero-order valence-corrected chi connectivity index (χ0v) is 22.3. The second-order valence-corrected chi connectivity index (χ2v) is 10.7. The van der Waals surface area contributed by atoms with E-state index in [4.69, 9.17) is 0 Å². The third kappa shape index (κ3) is 5.14. The number of anilines is 2. The van der Waals surface area contributed by atoms with Crippen LogP contribution in [0.25, 0.3) is 32.6 Å². The number of carboxylic acid groups (broad SMARTS) is 1. The Bertz CT molecular complexity index is 1480. The highest BCUT2D eigenvalue weighted by molar-refractivity contribution is 7.22. The number of hydrogen-bond acceptors (Lipinski definition) is 8. The van der Waals surface area contributed by atoms with Gasteiger partial charge in [0, 0.05) is 49.4 Å². The van der Waals surface area contributed by atoms with Gasteiger partial charge in [-0.25, -0.2) is 19.7 Å². The molecule has 1 fully saturated rings. The number of aryl methyl sites for hydroxylation is 1. The number of pyridine rings is 1. The molecule has 3 aromatic heterocycles. The lowest BCUT2D eigenvalue weighted by atomic mass is 9.80. The Balaban J connectivity index is 1.47. The fraction of sp³-hybridized carbons (Fsp3) is 0.333. The first-order chi connectivity index (χ1) is 18.3. The molecule has 0 atom stereocenters. The van der Waals surface area contributed by atoms with Crippen molar-refractivity contribution >= 4 is 44.6 Å². The molecule has 5 rings (SSSR count). The molecule has 1 aliphatic heterocycles. The van der Waals surface area contributed by atoms with E-state index in [1.807, 2.05) is 49.2 Å². The zero-order valence-electron chi connectivity index (χ0n) is 21.5. The maximum absolute atomic E-state index is 12.1. The summed E-state index contributed by atoms with van der Waals surface area (Å²) in [5.74, 6) is -0.168. The van der Waals surface area contributed by atoms with Crippen LogP contribution in [0.2, 0.25) is 0 Å². The average Bonchev–Trinajstić information content (AvgIpc) is 3.31. The molecular formula is C27H29N7O3S. The molecule has 0 radical (unpaired) electrons. The third-order valence-corrected chi connectivity index (χ3v) is 7.89. The number of benzene rings is 1. The predicted octanol–water partition coefficient (Wildman–Crippen LogP) is 4.96. The van der Waals surface area contributed by atoms with Crippen molar-refractivity contribution in [2.75, 3.05) is 29.9 Å². The molecule has 10 nitrogen and oxygen atoms in total. The van der Waals surface area contributed by atoms with Crippen LogP contribution in [0.1, 0.15) is 32.3 Å². The molecule has 1 aromatic carbocycles. The molecular weight excluding hydrogens is 502 g/mol. The molecule has 0 bridgehead atoms. The molecule has 0 saturated carbocycles. The average molecular weight is 532 g/mol. The monoisotopic (exact) mass is 531 g/mol. The van der Waals surface area contributed by atoms with Gasteiger partial charge in [-0.05, 0) is 62.9 Å². The second-order valence-electron chi connectivity index (χ2n) is 9.72. The van der Waals surface area contributed by atoms with E-state index in [9.17, 15) is 14.7 Å². The van der Waals surface area contributed by atoms with Crippen molar-refractivity contribution in [2.24, 2.45) is 5.41 Å². The number of carbonyl (C=O) groups is 2. The summed E-state index contributed by atoms with van der Waals surface area (Å²) in [5, 5.41) is 15.5. The number of rotatable bonds is 6. The highest BCUT2D eigenvalue weighted by Gasteiger charge is 2.37. The summed E-state index contributed by atoms with van der Waals surface area (Å²) in [4.78, 5) is 44.2. The SMILES string of the molecule is CCNC(=O)Nc1nc2cc(-c3cnc(N4CCC(C)(C(=O)O)CC4)nc3)cc(-c3ccc(C)cn3)c2s1. The van der Waals surface area contributed by atoms with Gasteiger partial charge in [0.2, 0.25) is 5.95 Å². The van der Waals surface area contributed by atoms with Crippen molar-refractivity contribution in [1.29, 1.82) is 0 Å². The number of amides is 2. The summed E-state index contributed by atoms with van der Waals surface area (Å²) in [6.07, 6.45) is 6.48. The van der Waals surface area contributed by atoms with Crippen LogP contribution < -0.4 is 15.5 Å². The first kappa shape index (κ1) is 25.5. The van der Waals surface area contributed by atoms with Crippen molar-refractivity contribution in [3.8, 4) is 22.4 Å². The molecule has 1 saturated heterocycles. The predicted molar refractivity (Wildman–Crippen MR) is 148 cm³/mol. The van der Waals surface area contributed by atoms with Gasteiger partial charge in [-0.15, -0.1) is 0 Å². The molecule has 196 valence electrons. The molecule has 0 aliphatic carbocycles. The van der Waals surface area contributed by atoms with E-state index in [1.54, 1.807) is 19.3 Å². The minimum Gasteiger partial charge on any atom is -0.481 e. The Morgan fingerprint density at radius 2 is 1.82 bits per heavy atom. The summed E-state index contributed by atoms with van der Waals surface area (Å²) >= 11 is 1.40. The lowest BCUT2D eigenvalue weighted by Crippen LogP contribution is -2.43. The van der Waals surface area contributed by atoms with Crippen LogP contribution in [0.15, 0.2) is 42.9 Å². The topological polar surface area (TPSA) is 133 Å².